The summed E-state index contributed by atoms with van der Waals surface area (Å²) in [7, 11) is 0. The molecule has 1 atom stereocenters. The van der Waals surface area contributed by atoms with Gasteiger partial charge in [0.05, 0.1) is 10.3 Å². The second kappa shape index (κ2) is 6.57. The molecule has 1 aromatic carbocycles. The van der Waals surface area contributed by atoms with E-state index in [2.05, 4.69) is 9.97 Å². The van der Waals surface area contributed by atoms with E-state index in [1.54, 1.807) is 12.1 Å². The van der Waals surface area contributed by atoms with Crippen molar-refractivity contribution in [3.8, 4) is 0 Å². The van der Waals surface area contributed by atoms with Crippen molar-refractivity contribution in [2.45, 2.75) is 31.1 Å². The molecule has 0 spiro atoms. The third kappa shape index (κ3) is 3.05. The van der Waals surface area contributed by atoms with Gasteiger partial charge in [-0.05, 0) is 42.0 Å². The van der Waals surface area contributed by atoms with Crippen LogP contribution in [0, 0.1) is 10.1 Å². The molecule has 1 N–H and O–H groups in total. The first-order valence-corrected chi connectivity index (χ1v) is 8.29. The van der Waals surface area contributed by atoms with Gasteiger partial charge in [0, 0.05) is 6.42 Å². The molecular formula is C16H13Cl2N3O4. The molecule has 0 aliphatic heterocycles. The van der Waals surface area contributed by atoms with Crippen molar-refractivity contribution < 1.29 is 14.8 Å². The van der Waals surface area contributed by atoms with Crippen molar-refractivity contribution in [2.24, 2.45) is 0 Å². The highest BCUT2D eigenvalue weighted by atomic mass is 35.5. The van der Waals surface area contributed by atoms with Crippen molar-refractivity contribution in [3.63, 3.8) is 0 Å². The average molecular weight is 382 g/mol. The van der Waals surface area contributed by atoms with Gasteiger partial charge in [-0.15, -0.1) is 0 Å². The van der Waals surface area contributed by atoms with Crippen molar-refractivity contribution in [1.29, 1.82) is 0 Å². The number of hydrogen-bond donors (Lipinski definition) is 1. The van der Waals surface area contributed by atoms with Gasteiger partial charge in [0.1, 0.15) is 5.69 Å². The molecule has 7 nitrogen and oxygen atoms in total. The maximum Gasteiger partial charge on any atom is 0.327 e. The van der Waals surface area contributed by atoms with Crippen LogP contribution in [0.25, 0.3) is 0 Å². The fraction of sp³-hybridized carbons (Fsp3) is 0.312. The van der Waals surface area contributed by atoms with E-state index in [1.807, 2.05) is 12.1 Å². The fourth-order valence-corrected chi connectivity index (χ4v) is 3.92. The maximum absolute atomic E-state index is 12.2. The van der Waals surface area contributed by atoms with Gasteiger partial charge >= 0.3 is 11.7 Å². The monoisotopic (exact) mass is 381 g/mol. The number of carbonyl (C=O) groups is 1. The highest BCUT2D eigenvalue weighted by Gasteiger charge is 2.45. The van der Waals surface area contributed by atoms with Crippen LogP contribution in [0.2, 0.25) is 10.4 Å². The first kappa shape index (κ1) is 17.6. The van der Waals surface area contributed by atoms with E-state index >= 15 is 0 Å². The zero-order valence-corrected chi connectivity index (χ0v) is 14.4. The molecule has 1 aromatic heterocycles. The minimum Gasteiger partial charge on any atom is -0.481 e. The summed E-state index contributed by atoms with van der Waals surface area (Å²) < 4.78 is 0. The molecule has 0 fully saturated rings. The van der Waals surface area contributed by atoms with E-state index in [0.29, 0.717) is 18.4 Å². The number of nitrogens with zero attached hydrogens (tertiary/aromatic N) is 3. The molecule has 130 valence electrons. The molecule has 3 rings (SSSR count). The number of carboxylic acid groups (broad SMARTS) is 1. The quantitative estimate of drug-likeness (QED) is 0.375. The second-order valence-electron chi connectivity index (χ2n) is 5.91. The molecule has 0 amide bonds. The van der Waals surface area contributed by atoms with Gasteiger partial charge in [0.15, 0.2) is 0 Å². The summed E-state index contributed by atoms with van der Waals surface area (Å²) in [6, 6.07) is 7.23. The molecule has 1 heterocycles. The summed E-state index contributed by atoms with van der Waals surface area (Å²) in [5.74, 6) is -1.06. The third-order valence-corrected chi connectivity index (χ3v) is 4.96. The van der Waals surface area contributed by atoms with Gasteiger partial charge < -0.3 is 5.11 Å². The van der Waals surface area contributed by atoms with Crippen molar-refractivity contribution >= 4 is 34.9 Å². The van der Waals surface area contributed by atoms with E-state index in [9.17, 15) is 20.0 Å². The molecule has 0 radical (unpaired) electrons. The summed E-state index contributed by atoms with van der Waals surface area (Å²) in [6.45, 7) is 0. The summed E-state index contributed by atoms with van der Waals surface area (Å²) >= 11 is 11.6. The normalized spacial score (nSPS) is 19.3. The Kier molecular flexibility index (Phi) is 4.62. The largest absolute Gasteiger partial charge is 0.481 e. The molecular weight excluding hydrogens is 369 g/mol. The van der Waals surface area contributed by atoms with Crippen molar-refractivity contribution in [1.82, 2.24) is 9.97 Å². The van der Waals surface area contributed by atoms with Gasteiger partial charge in [0.25, 0.3) is 0 Å². The van der Waals surface area contributed by atoms with Crippen LogP contribution in [0.15, 0.2) is 24.3 Å². The summed E-state index contributed by atoms with van der Waals surface area (Å²) in [6.07, 6.45) is 1.58. The first-order valence-electron chi connectivity index (χ1n) is 7.53. The molecule has 1 aliphatic rings. The van der Waals surface area contributed by atoms with E-state index in [1.165, 1.54) is 0 Å². The van der Waals surface area contributed by atoms with Crippen LogP contribution in [0.4, 0.5) is 5.69 Å². The first-order chi connectivity index (χ1) is 11.8. The van der Waals surface area contributed by atoms with Crippen molar-refractivity contribution in [3.05, 3.63) is 61.6 Å². The lowest BCUT2D eigenvalue weighted by molar-refractivity contribution is -0.386. The van der Waals surface area contributed by atoms with Crippen LogP contribution >= 0.6 is 23.2 Å². The van der Waals surface area contributed by atoms with E-state index < -0.39 is 27.1 Å². The van der Waals surface area contributed by atoms with Gasteiger partial charge in [-0.3, -0.25) is 14.9 Å². The summed E-state index contributed by atoms with van der Waals surface area (Å²) in [4.78, 5) is 30.4. The summed E-state index contributed by atoms with van der Waals surface area (Å²) in [5, 5.41) is 20.7. The van der Waals surface area contributed by atoms with Crippen LogP contribution in [0.1, 0.15) is 29.7 Å². The number of aryl methyl sites for hydroxylation is 1. The van der Waals surface area contributed by atoms with Crippen LogP contribution in [-0.4, -0.2) is 26.0 Å². The zero-order chi connectivity index (χ0) is 18.2. The number of benzene rings is 1. The molecule has 1 aliphatic carbocycles. The Morgan fingerprint density at radius 1 is 1.32 bits per heavy atom. The maximum atomic E-state index is 12.2. The number of hydrogen-bond acceptors (Lipinski definition) is 5. The smallest absolute Gasteiger partial charge is 0.327 e. The highest BCUT2D eigenvalue weighted by molar-refractivity contribution is 6.33. The standard InChI is InChI=1S/C16H13Cl2N3O4/c17-13-12(21(24)25)11(19-15(18)20-13)8-16(14(22)23)7-3-5-9-4-1-2-6-10(9)16/h1-2,4,6H,3,5,7-8H2,(H,22,23). The van der Waals surface area contributed by atoms with Crippen LogP contribution in [0.5, 0.6) is 0 Å². The number of fused-ring (bicyclic) bond motifs is 1. The number of carboxylic acids is 1. The number of aliphatic carboxylic acids is 1. The second-order valence-corrected chi connectivity index (χ2v) is 6.61. The van der Waals surface area contributed by atoms with Gasteiger partial charge in [-0.1, -0.05) is 35.9 Å². The SMILES string of the molecule is O=C(O)C1(Cc2nc(Cl)nc(Cl)c2[N+](=O)[O-])CCCc2ccccc21. The Morgan fingerprint density at radius 2 is 2.04 bits per heavy atom. The zero-order valence-electron chi connectivity index (χ0n) is 12.9. The summed E-state index contributed by atoms with van der Waals surface area (Å²) in [5.41, 5.74) is -0.330. The molecule has 0 saturated carbocycles. The molecule has 2 aromatic rings. The topological polar surface area (TPSA) is 106 Å². The number of halogens is 2. The highest BCUT2D eigenvalue weighted by Crippen LogP contribution is 2.42. The number of nitro groups is 1. The predicted molar refractivity (Wildman–Crippen MR) is 91.1 cm³/mol. The Labute approximate surface area is 152 Å². The van der Waals surface area contributed by atoms with Crippen molar-refractivity contribution in [2.75, 3.05) is 0 Å². The van der Waals surface area contributed by atoms with Crippen LogP contribution < -0.4 is 0 Å². The Balaban J connectivity index is 2.19. The van der Waals surface area contributed by atoms with Gasteiger partial charge in [0.2, 0.25) is 10.4 Å². The molecule has 25 heavy (non-hydrogen) atoms. The number of aromatic nitrogens is 2. The average Bonchev–Trinajstić information content (AvgIpc) is 2.53. The van der Waals surface area contributed by atoms with Gasteiger partial charge in [-0.2, -0.15) is 4.98 Å². The molecule has 0 bridgehead atoms. The van der Waals surface area contributed by atoms with E-state index in [-0.39, 0.29) is 17.4 Å². The molecule has 0 saturated heterocycles. The van der Waals surface area contributed by atoms with Crippen LogP contribution in [0.3, 0.4) is 0 Å². The van der Waals surface area contributed by atoms with Crippen LogP contribution in [-0.2, 0) is 23.1 Å². The van der Waals surface area contributed by atoms with E-state index in [0.717, 1.165) is 12.0 Å². The lowest BCUT2D eigenvalue weighted by Crippen LogP contribution is -2.41. The molecule has 9 heteroatoms. The number of rotatable bonds is 4. The minimum absolute atomic E-state index is 0.0749. The predicted octanol–water partition coefficient (Wildman–Crippen LogP) is 3.59. The van der Waals surface area contributed by atoms with Gasteiger partial charge in [-0.25, -0.2) is 4.98 Å². The Morgan fingerprint density at radius 3 is 2.72 bits per heavy atom. The Hall–Kier alpha value is -2.25. The Bertz CT molecular complexity index is 874. The molecule has 1 unspecified atom stereocenters. The minimum atomic E-state index is -1.32. The lowest BCUT2D eigenvalue weighted by Gasteiger charge is -2.35. The van der Waals surface area contributed by atoms with E-state index in [4.69, 9.17) is 23.2 Å². The fourth-order valence-electron chi connectivity index (χ4n) is 3.43. The third-order valence-electron chi connectivity index (χ3n) is 4.53. The lowest BCUT2D eigenvalue weighted by atomic mass is 9.67.